The number of halogens is 3. The maximum Gasteiger partial charge on any atom is 0.279 e. The van der Waals surface area contributed by atoms with Crippen LogP contribution in [0.15, 0.2) is 48.5 Å². The van der Waals surface area contributed by atoms with Gasteiger partial charge in [0.1, 0.15) is 0 Å². The minimum absolute atomic E-state index is 0.0132. The fraction of sp³-hybridized carbons (Fsp3) is 0.150. The van der Waals surface area contributed by atoms with Gasteiger partial charge in [0.25, 0.3) is 5.91 Å². The van der Waals surface area contributed by atoms with Crippen LogP contribution in [-0.2, 0) is 6.42 Å². The second kappa shape index (κ2) is 6.95. The van der Waals surface area contributed by atoms with E-state index in [2.05, 4.69) is 15.5 Å². The van der Waals surface area contributed by atoms with E-state index in [0.29, 0.717) is 0 Å². The fourth-order valence-corrected chi connectivity index (χ4v) is 3.27. The molecule has 4 rings (SSSR count). The maximum absolute atomic E-state index is 13.8. The first-order chi connectivity index (χ1) is 13.5. The zero-order valence-corrected chi connectivity index (χ0v) is 14.8. The molecule has 1 N–H and O–H groups in total. The molecule has 1 aromatic heterocycles. The van der Waals surface area contributed by atoms with E-state index >= 15 is 0 Å². The highest BCUT2D eigenvalue weighted by molar-refractivity contribution is 6.06. The van der Waals surface area contributed by atoms with Crippen molar-refractivity contribution >= 4 is 23.1 Å². The zero-order chi connectivity index (χ0) is 19.8. The summed E-state index contributed by atoms with van der Waals surface area (Å²) in [5.41, 5.74) is 1.77. The third-order valence-corrected chi connectivity index (χ3v) is 4.61. The summed E-state index contributed by atoms with van der Waals surface area (Å²) < 4.78 is 40.1. The quantitative estimate of drug-likeness (QED) is 0.687. The third kappa shape index (κ3) is 3.06. The predicted octanol–water partition coefficient (Wildman–Crippen LogP) is 4.23. The first-order valence-corrected chi connectivity index (χ1v) is 8.61. The maximum atomic E-state index is 13.8. The second-order valence-corrected chi connectivity index (χ2v) is 6.51. The molecule has 1 aliphatic heterocycles. The van der Waals surface area contributed by atoms with Gasteiger partial charge in [-0.1, -0.05) is 18.2 Å². The van der Waals surface area contributed by atoms with Crippen molar-refractivity contribution in [1.29, 1.82) is 0 Å². The molecule has 0 aliphatic carbocycles. The fourth-order valence-electron chi connectivity index (χ4n) is 3.27. The van der Waals surface area contributed by atoms with Gasteiger partial charge in [0.15, 0.2) is 29.0 Å². The molecule has 0 saturated heterocycles. The van der Waals surface area contributed by atoms with Gasteiger partial charge >= 0.3 is 0 Å². The van der Waals surface area contributed by atoms with E-state index in [1.807, 2.05) is 31.2 Å². The molecule has 1 aliphatic rings. The summed E-state index contributed by atoms with van der Waals surface area (Å²) >= 11 is 0. The number of nitrogens with one attached hydrogen (secondary N) is 1. The van der Waals surface area contributed by atoms with Gasteiger partial charge in [-0.25, -0.2) is 13.2 Å². The summed E-state index contributed by atoms with van der Waals surface area (Å²) in [6, 6.07) is 12.4. The predicted molar refractivity (Wildman–Crippen MR) is 98.0 cm³/mol. The Kier molecular flexibility index (Phi) is 4.46. The SMILES string of the molecule is CC1Cc2ccccc2N1C(=O)c1ccc(Nc2ccc(F)c(F)c2F)nn1. The molecule has 1 atom stereocenters. The van der Waals surface area contributed by atoms with Gasteiger partial charge < -0.3 is 10.2 Å². The Morgan fingerprint density at radius 3 is 2.57 bits per heavy atom. The Balaban J connectivity index is 1.56. The summed E-state index contributed by atoms with van der Waals surface area (Å²) in [6.07, 6.45) is 0.754. The monoisotopic (exact) mass is 384 g/mol. The molecule has 0 saturated carbocycles. The van der Waals surface area contributed by atoms with Gasteiger partial charge in [-0.3, -0.25) is 4.79 Å². The van der Waals surface area contributed by atoms with Gasteiger partial charge in [-0.2, -0.15) is 0 Å². The Morgan fingerprint density at radius 2 is 1.82 bits per heavy atom. The molecule has 5 nitrogen and oxygen atoms in total. The van der Waals surface area contributed by atoms with Crippen LogP contribution >= 0.6 is 0 Å². The minimum Gasteiger partial charge on any atom is -0.336 e. The van der Waals surface area contributed by atoms with Crippen molar-refractivity contribution in [2.75, 3.05) is 10.2 Å². The Bertz CT molecular complexity index is 1060. The zero-order valence-electron chi connectivity index (χ0n) is 14.8. The first kappa shape index (κ1) is 18.0. The molecule has 2 aromatic carbocycles. The molecule has 1 unspecified atom stereocenters. The highest BCUT2D eigenvalue weighted by Gasteiger charge is 2.32. The Morgan fingerprint density at radius 1 is 1.04 bits per heavy atom. The van der Waals surface area contributed by atoms with Crippen LogP contribution in [0.2, 0.25) is 0 Å². The molecule has 0 bridgehead atoms. The van der Waals surface area contributed by atoms with E-state index in [9.17, 15) is 18.0 Å². The van der Waals surface area contributed by atoms with E-state index in [-0.39, 0.29) is 29.1 Å². The number of anilines is 3. The van der Waals surface area contributed by atoms with Crippen LogP contribution in [0, 0.1) is 17.5 Å². The van der Waals surface area contributed by atoms with Gasteiger partial charge in [-0.05, 0) is 49.2 Å². The van der Waals surface area contributed by atoms with Crippen LogP contribution in [-0.4, -0.2) is 22.1 Å². The Hall–Kier alpha value is -3.42. The number of carbonyl (C=O) groups excluding carboxylic acids is 1. The lowest BCUT2D eigenvalue weighted by Crippen LogP contribution is -2.36. The number of rotatable bonds is 3. The molecular weight excluding hydrogens is 369 g/mol. The number of carbonyl (C=O) groups is 1. The molecule has 0 spiro atoms. The number of para-hydroxylation sites is 1. The van der Waals surface area contributed by atoms with Crippen molar-refractivity contribution in [3.63, 3.8) is 0 Å². The van der Waals surface area contributed by atoms with Gasteiger partial charge in [0.2, 0.25) is 0 Å². The van der Waals surface area contributed by atoms with Gasteiger partial charge in [-0.15, -0.1) is 10.2 Å². The lowest BCUT2D eigenvalue weighted by atomic mass is 10.1. The average Bonchev–Trinajstić information content (AvgIpc) is 3.04. The summed E-state index contributed by atoms with van der Waals surface area (Å²) in [4.78, 5) is 14.5. The molecule has 28 heavy (non-hydrogen) atoms. The lowest BCUT2D eigenvalue weighted by Gasteiger charge is -2.22. The number of benzene rings is 2. The summed E-state index contributed by atoms with van der Waals surface area (Å²) in [7, 11) is 0. The van der Waals surface area contributed by atoms with Crippen LogP contribution in [0.5, 0.6) is 0 Å². The molecule has 3 aromatic rings. The van der Waals surface area contributed by atoms with Gasteiger partial charge in [0.05, 0.1) is 5.69 Å². The molecule has 0 radical (unpaired) electrons. The van der Waals surface area contributed by atoms with Crippen molar-refractivity contribution in [3.8, 4) is 0 Å². The van der Waals surface area contributed by atoms with E-state index < -0.39 is 17.5 Å². The van der Waals surface area contributed by atoms with Crippen molar-refractivity contribution in [2.24, 2.45) is 0 Å². The van der Waals surface area contributed by atoms with Crippen molar-refractivity contribution in [1.82, 2.24) is 10.2 Å². The van der Waals surface area contributed by atoms with Gasteiger partial charge in [0, 0.05) is 11.7 Å². The van der Waals surface area contributed by atoms with Crippen LogP contribution in [0.4, 0.5) is 30.4 Å². The minimum atomic E-state index is -1.58. The molecule has 8 heteroatoms. The Labute approximate surface area is 158 Å². The van der Waals surface area contributed by atoms with E-state index in [1.165, 1.54) is 12.1 Å². The summed E-state index contributed by atoms with van der Waals surface area (Å²) in [5, 5.41) is 10.3. The molecular formula is C20H15F3N4O. The highest BCUT2D eigenvalue weighted by atomic mass is 19.2. The smallest absolute Gasteiger partial charge is 0.279 e. The second-order valence-electron chi connectivity index (χ2n) is 6.51. The summed E-state index contributed by atoms with van der Waals surface area (Å²) in [6.45, 7) is 1.95. The third-order valence-electron chi connectivity index (χ3n) is 4.61. The van der Waals surface area contributed by atoms with E-state index in [1.54, 1.807) is 4.90 Å². The largest absolute Gasteiger partial charge is 0.336 e. The molecule has 1 amide bonds. The molecule has 142 valence electrons. The van der Waals surface area contributed by atoms with E-state index in [0.717, 1.165) is 29.8 Å². The van der Waals surface area contributed by atoms with Crippen LogP contribution in [0.1, 0.15) is 23.0 Å². The number of fused-ring (bicyclic) bond motifs is 1. The number of aromatic nitrogens is 2. The number of amides is 1. The van der Waals surface area contributed by atoms with Crippen molar-refractivity contribution < 1.29 is 18.0 Å². The number of hydrogen-bond acceptors (Lipinski definition) is 4. The normalized spacial score (nSPS) is 15.4. The molecule has 2 heterocycles. The van der Waals surface area contributed by atoms with Crippen LogP contribution < -0.4 is 10.2 Å². The highest BCUT2D eigenvalue weighted by Crippen LogP contribution is 2.32. The summed E-state index contributed by atoms with van der Waals surface area (Å²) in [5.74, 6) is -4.42. The van der Waals surface area contributed by atoms with Crippen LogP contribution in [0.25, 0.3) is 0 Å². The standard InChI is InChI=1S/C20H15F3N4O/c1-11-10-12-4-2-3-5-16(12)27(11)20(28)15-8-9-17(26-25-15)24-14-7-6-13(21)18(22)19(14)23/h2-9,11H,10H2,1H3,(H,24,26). The number of nitrogens with zero attached hydrogens (tertiary/aromatic N) is 3. The molecule has 0 fully saturated rings. The van der Waals surface area contributed by atoms with E-state index in [4.69, 9.17) is 0 Å². The van der Waals surface area contributed by atoms with Crippen LogP contribution in [0.3, 0.4) is 0 Å². The average molecular weight is 384 g/mol. The number of hydrogen-bond donors (Lipinski definition) is 1. The van der Waals surface area contributed by atoms with Crippen molar-refractivity contribution in [3.05, 3.63) is 77.2 Å². The lowest BCUT2D eigenvalue weighted by molar-refractivity contribution is 0.0975. The van der Waals surface area contributed by atoms with Crippen molar-refractivity contribution in [2.45, 2.75) is 19.4 Å². The topological polar surface area (TPSA) is 58.1 Å². The first-order valence-electron chi connectivity index (χ1n) is 8.61.